The number of amides is 1. The first-order valence-electron chi connectivity index (χ1n) is 6.36. The normalized spacial score (nSPS) is 20.7. The highest BCUT2D eigenvalue weighted by molar-refractivity contribution is 5.92. The van der Waals surface area contributed by atoms with Gasteiger partial charge in [0.05, 0.1) is 6.61 Å². The fourth-order valence-electron chi connectivity index (χ4n) is 1.79. The fourth-order valence-corrected chi connectivity index (χ4v) is 1.79. The first kappa shape index (κ1) is 13.5. The van der Waals surface area contributed by atoms with Crippen molar-refractivity contribution in [2.45, 2.75) is 25.6 Å². The van der Waals surface area contributed by atoms with Crippen LogP contribution in [0, 0.1) is 0 Å². The summed E-state index contributed by atoms with van der Waals surface area (Å²) in [6.07, 6.45) is -0.657. The predicted octanol–water partition coefficient (Wildman–Crippen LogP) is 0.676. The average Bonchev–Trinajstić information content (AvgIpc) is 3.20. The summed E-state index contributed by atoms with van der Waals surface area (Å²) in [4.78, 5) is 23.0. The Morgan fingerprint density at radius 1 is 1.26 bits per heavy atom. The molecule has 1 N–H and O–H groups in total. The van der Waals surface area contributed by atoms with Crippen molar-refractivity contribution in [2.24, 2.45) is 0 Å². The highest BCUT2D eigenvalue weighted by Crippen LogP contribution is 2.23. The molecular weight excluding hydrogens is 246 g/mol. The van der Waals surface area contributed by atoms with Gasteiger partial charge in [-0.2, -0.15) is 0 Å². The molecule has 19 heavy (non-hydrogen) atoms. The summed E-state index contributed by atoms with van der Waals surface area (Å²) >= 11 is 0. The van der Waals surface area contributed by atoms with E-state index >= 15 is 0 Å². The molecule has 0 bridgehead atoms. The lowest BCUT2D eigenvalue weighted by Gasteiger charge is -2.03. The Morgan fingerprint density at radius 2 is 2.00 bits per heavy atom. The topological polar surface area (TPSA) is 67.9 Å². The predicted molar refractivity (Wildman–Crippen MR) is 68.4 cm³/mol. The Morgan fingerprint density at radius 3 is 2.68 bits per heavy atom. The van der Waals surface area contributed by atoms with E-state index in [1.54, 1.807) is 6.92 Å². The van der Waals surface area contributed by atoms with Gasteiger partial charge in [-0.05, 0) is 18.9 Å². The second-order valence-electron chi connectivity index (χ2n) is 4.26. The SMILES string of the molecule is CCOC(=O)C1OC1C(=O)NCCc1ccccc1. The van der Waals surface area contributed by atoms with Gasteiger partial charge in [0.2, 0.25) is 0 Å². The summed E-state index contributed by atoms with van der Waals surface area (Å²) in [6.45, 7) is 2.54. The minimum absolute atomic E-state index is 0.256. The van der Waals surface area contributed by atoms with Gasteiger partial charge < -0.3 is 14.8 Å². The third-order valence-corrected chi connectivity index (χ3v) is 2.82. The quantitative estimate of drug-likeness (QED) is 0.605. The van der Waals surface area contributed by atoms with Crippen molar-refractivity contribution in [1.82, 2.24) is 5.32 Å². The molecule has 0 radical (unpaired) electrons. The molecular formula is C14H17NO4. The number of benzene rings is 1. The number of hydrogen-bond donors (Lipinski definition) is 1. The summed E-state index contributed by atoms with van der Waals surface area (Å²) in [5, 5.41) is 2.75. The van der Waals surface area contributed by atoms with Crippen molar-refractivity contribution in [2.75, 3.05) is 13.2 Å². The van der Waals surface area contributed by atoms with Gasteiger partial charge in [0.25, 0.3) is 5.91 Å². The van der Waals surface area contributed by atoms with E-state index in [2.05, 4.69) is 5.32 Å². The summed E-state index contributed by atoms with van der Waals surface area (Å²) in [5.74, 6) is -0.723. The summed E-state index contributed by atoms with van der Waals surface area (Å²) < 4.78 is 9.79. The molecule has 2 unspecified atom stereocenters. The summed E-state index contributed by atoms with van der Waals surface area (Å²) in [7, 11) is 0. The van der Waals surface area contributed by atoms with Gasteiger partial charge in [0.1, 0.15) is 0 Å². The van der Waals surface area contributed by atoms with Crippen LogP contribution in [0.15, 0.2) is 30.3 Å². The second kappa shape index (κ2) is 6.33. The van der Waals surface area contributed by atoms with E-state index in [1.807, 2.05) is 30.3 Å². The number of esters is 1. The molecule has 5 heteroatoms. The number of rotatable bonds is 6. The Bertz CT molecular complexity index is 446. The smallest absolute Gasteiger partial charge is 0.338 e. The molecule has 2 atom stereocenters. The minimum atomic E-state index is -0.725. The number of epoxide rings is 1. The number of carbonyl (C=O) groups excluding carboxylic acids is 2. The Kier molecular flexibility index (Phi) is 4.52. The fraction of sp³-hybridized carbons (Fsp3) is 0.429. The second-order valence-corrected chi connectivity index (χ2v) is 4.26. The van der Waals surface area contributed by atoms with Crippen molar-refractivity contribution < 1.29 is 19.1 Å². The molecule has 0 saturated carbocycles. The standard InChI is InChI=1S/C14H17NO4/c1-2-18-14(17)12-11(19-12)13(16)15-9-8-10-6-4-3-5-7-10/h3-7,11-12H,2,8-9H2,1H3,(H,15,16). The van der Waals surface area contributed by atoms with Gasteiger partial charge in [-0.25, -0.2) is 4.79 Å². The number of nitrogens with one attached hydrogen (secondary N) is 1. The van der Waals surface area contributed by atoms with Crippen LogP contribution >= 0.6 is 0 Å². The van der Waals surface area contributed by atoms with E-state index in [9.17, 15) is 9.59 Å². The molecule has 1 amide bonds. The molecule has 2 rings (SSSR count). The number of hydrogen-bond acceptors (Lipinski definition) is 4. The number of ether oxygens (including phenoxy) is 2. The first-order valence-corrected chi connectivity index (χ1v) is 6.36. The molecule has 0 aromatic heterocycles. The van der Waals surface area contributed by atoms with Gasteiger partial charge in [0.15, 0.2) is 12.2 Å². The first-order chi connectivity index (χ1) is 9.22. The lowest BCUT2D eigenvalue weighted by atomic mass is 10.1. The van der Waals surface area contributed by atoms with Crippen LogP contribution in [0.5, 0.6) is 0 Å². The third-order valence-electron chi connectivity index (χ3n) is 2.82. The molecule has 0 aliphatic carbocycles. The van der Waals surface area contributed by atoms with Crippen molar-refractivity contribution in [3.63, 3.8) is 0 Å². The average molecular weight is 263 g/mol. The van der Waals surface area contributed by atoms with Gasteiger partial charge in [-0.15, -0.1) is 0 Å². The lowest BCUT2D eigenvalue weighted by molar-refractivity contribution is -0.144. The summed E-state index contributed by atoms with van der Waals surface area (Å²) in [6, 6.07) is 9.86. The Hall–Kier alpha value is -1.88. The molecule has 1 aliphatic rings. The maximum absolute atomic E-state index is 11.7. The lowest BCUT2D eigenvalue weighted by Crippen LogP contribution is -2.32. The van der Waals surface area contributed by atoms with Crippen LogP contribution in [0.3, 0.4) is 0 Å². The zero-order chi connectivity index (χ0) is 13.7. The molecule has 1 aromatic carbocycles. The summed E-state index contributed by atoms with van der Waals surface area (Å²) in [5.41, 5.74) is 1.15. The molecule has 5 nitrogen and oxygen atoms in total. The molecule has 1 aromatic rings. The largest absolute Gasteiger partial charge is 0.464 e. The van der Waals surface area contributed by atoms with Crippen LogP contribution in [0.25, 0.3) is 0 Å². The van der Waals surface area contributed by atoms with Crippen molar-refractivity contribution in [3.8, 4) is 0 Å². The van der Waals surface area contributed by atoms with Crippen LogP contribution < -0.4 is 5.32 Å². The Labute approximate surface area is 111 Å². The molecule has 1 fully saturated rings. The monoisotopic (exact) mass is 263 g/mol. The van der Waals surface area contributed by atoms with Crippen LogP contribution in [-0.2, 0) is 25.5 Å². The van der Waals surface area contributed by atoms with Crippen LogP contribution in [0.4, 0.5) is 0 Å². The van der Waals surface area contributed by atoms with Gasteiger partial charge in [0, 0.05) is 6.54 Å². The van der Waals surface area contributed by atoms with Crippen LogP contribution in [-0.4, -0.2) is 37.2 Å². The third kappa shape index (κ3) is 3.79. The maximum atomic E-state index is 11.7. The van der Waals surface area contributed by atoms with Crippen LogP contribution in [0.1, 0.15) is 12.5 Å². The van der Waals surface area contributed by atoms with E-state index in [0.29, 0.717) is 13.2 Å². The zero-order valence-corrected chi connectivity index (χ0v) is 10.8. The zero-order valence-electron chi connectivity index (χ0n) is 10.8. The van der Waals surface area contributed by atoms with Crippen molar-refractivity contribution in [1.29, 1.82) is 0 Å². The highest BCUT2D eigenvalue weighted by atomic mass is 16.6. The highest BCUT2D eigenvalue weighted by Gasteiger charge is 2.51. The van der Waals surface area contributed by atoms with Gasteiger partial charge >= 0.3 is 5.97 Å². The van der Waals surface area contributed by atoms with Gasteiger partial charge in [-0.3, -0.25) is 4.79 Å². The number of carbonyl (C=O) groups is 2. The molecule has 102 valence electrons. The van der Waals surface area contributed by atoms with Crippen molar-refractivity contribution in [3.05, 3.63) is 35.9 Å². The Balaban J connectivity index is 1.68. The molecule has 1 aliphatic heterocycles. The molecule has 0 spiro atoms. The van der Waals surface area contributed by atoms with E-state index in [-0.39, 0.29) is 5.91 Å². The van der Waals surface area contributed by atoms with E-state index in [1.165, 1.54) is 0 Å². The van der Waals surface area contributed by atoms with Crippen LogP contribution in [0.2, 0.25) is 0 Å². The van der Waals surface area contributed by atoms with E-state index in [0.717, 1.165) is 12.0 Å². The van der Waals surface area contributed by atoms with E-state index < -0.39 is 18.2 Å². The molecule has 1 saturated heterocycles. The molecule has 1 heterocycles. The minimum Gasteiger partial charge on any atom is -0.464 e. The van der Waals surface area contributed by atoms with Crippen molar-refractivity contribution >= 4 is 11.9 Å². The van der Waals surface area contributed by atoms with E-state index in [4.69, 9.17) is 9.47 Å². The maximum Gasteiger partial charge on any atom is 0.338 e. The van der Waals surface area contributed by atoms with Gasteiger partial charge in [-0.1, -0.05) is 30.3 Å².